The molecule has 0 spiro atoms. The van der Waals surface area contributed by atoms with Crippen molar-refractivity contribution in [2.75, 3.05) is 11.9 Å². The predicted octanol–water partition coefficient (Wildman–Crippen LogP) is 4.54. The molecular formula is C20H18ClN3O2. The second kappa shape index (κ2) is 6.50. The fourth-order valence-corrected chi connectivity index (χ4v) is 3.67. The quantitative estimate of drug-likeness (QED) is 0.690. The first kappa shape index (κ1) is 16.7. The zero-order valence-electron chi connectivity index (χ0n) is 14.5. The number of esters is 1. The highest BCUT2D eigenvalue weighted by Crippen LogP contribution is 2.41. The van der Waals surface area contributed by atoms with Crippen molar-refractivity contribution >= 4 is 34.6 Å². The lowest BCUT2D eigenvalue weighted by atomic mass is 9.95. The maximum atomic E-state index is 12.8. The normalized spacial score (nSPS) is 16.3. The van der Waals surface area contributed by atoms with Crippen molar-refractivity contribution in [2.24, 2.45) is 0 Å². The Kier molecular flexibility index (Phi) is 4.17. The number of para-hydroxylation sites is 2. The number of nitrogens with one attached hydrogen (secondary N) is 1. The Balaban J connectivity index is 2.01. The molecule has 1 aliphatic heterocycles. The topological polar surface area (TPSA) is 56.1 Å². The molecular weight excluding hydrogens is 350 g/mol. The van der Waals surface area contributed by atoms with E-state index < -0.39 is 6.04 Å². The summed E-state index contributed by atoms with van der Waals surface area (Å²) in [6.45, 7) is 3.97. The van der Waals surface area contributed by atoms with Crippen LogP contribution in [0.3, 0.4) is 0 Å². The average molecular weight is 368 g/mol. The van der Waals surface area contributed by atoms with Crippen LogP contribution in [0.5, 0.6) is 0 Å². The molecule has 0 bridgehead atoms. The summed E-state index contributed by atoms with van der Waals surface area (Å²) in [6, 6.07) is 15.0. The summed E-state index contributed by atoms with van der Waals surface area (Å²) in [7, 11) is 0. The number of halogens is 1. The monoisotopic (exact) mass is 367 g/mol. The van der Waals surface area contributed by atoms with E-state index in [4.69, 9.17) is 16.3 Å². The molecule has 1 N–H and O–H groups in total. The van der Waals surface area contributed by atoms with E-state index >= 15 is 0 Å². The van der Waals surface area contributed by atoms with Gasteiger partial charge in [-0.25, -0.2) is 9.78 Å². The number of nitrogens with zero attached hydrogens (tertiary/aromatic N) is 2. The van der Waals surface area contributed by atoms with Crippen LogP contribution in [0.4, 0.5) is 5.95 Å². The van der Waals surface area contributed by atoms with Crippen molar-refractivity contribution < 1.29 is 9.53 Å². The van der Waals surface area contributed by atoms with Crippen LogP contribution in [0.1, 0.15) is 25.5 Å². The molecule has 6 heteroatoms. The number of allylic oxidation sites excluding steroid dienone is 1. The second-order valence-corrected chi connectivity index (χ2v) is 6.51. The fourth-order valence-electron chi connectivity index (χ4n) is 3.43. The number of carbonyl (C=O) groups excluding carboxylic acids is 1. The van der Waals surface area contributed by atoms with Gasteiger partial charge in [-0.05, 0) is 37.6 Å². The average Bonchev–Trinajstić information content (AvgIpc) is 2.99. The molecule has 0 saturated heterocycles. The van der Waals surface area contributed by atoms with Gasteiger partial charge in [0.1, 0.15) is 0 Å². The highest BCUT2D eigenvalue weighted by molar-refractivity contribution is 6.31. The standard InChI is InChI=1S/C20H18ClN3O2/c1-3-26-19(25)17-12(2)22-20-23-15-10-6-7-11-16(15)24(20)18(17)13-8-4-5-9-14(13)21/h4-11,18H,3H2,1-2H3,(H,22,23)/t18-/m1/s1. The molecule has 2 aromatic carbocycles. The van der Waals surface area contributed by atoms with E-state index in [9.17, 15) is 4.79 Å². The molecule has 0 saturated carbocycles. The largest absolute Gasteiger partial charge is 0.463 e. The Morgan fingerprint density at radius 2 is 1.96 bits per heavy atom. The first-order valence-corrected chi connectivity index (χ1v) is 8.86. The first-order chi connectivity index (χ1) is 12.6. The maximum absolute atomic E-state index is 12.8. The SMILES string of the molecule is CCOC(=O)C1=C(C)Nc2nc3ccccc3n2[C@@H]1c1ccccc1Cl. The summed E-state index contributed by atoms with van der Waals surface area (Å²) in [6.07, 6.45) is 0. The van der Waals surface area contributed by atoms with E-state index in [0.29, 0.717) is 23.2 Å². The minimum absolute atomic E-state index is 0.308. The van der Waals surface area contributed by atoms with Gasteiger partial charge in [0.15, 0.2) is 0 Å². The van der Waals surface area contributed by atoms with Gasteiger partial charge in [0, 0.05) is 10.7 Å². The molecule has 0 amide bonds. The third-order valence-corrected chi connectivity index (χ3v) is 4.87. The van der Waals surface area contributed by atoms with Gasteiger partial charge in [-0.3, -0.25) is 4.57 Å². The van der Waals surface area contributed by atoms with Crippen LogP contribution < -0.4 is 5.32 Å². The lowest BCUT2D eigenvalue weighted by molar-refractivity contribution is -0.139. The Hall–Kier alpha value is -2.79. The van der Waals surface area contributed by atoms with Crippen molar-refractivity contribution in [3.8, 4) is 0 Å². The first-order valence-electron chi connectivity index (χ1n) is 8.48. The van der Waals surface area contributed by atoms with E-state index in [1.54, 1.807) is 6.92 Å². The Labute approximate surface area is 156 Å². The Bertz CT molecular complexity index is 1040. The molecule has 5 nitrogen and oxygen atoms in total. The molecule has 26 heavy (non-hydrogen) atoms. The number of aromatic nitrogens is 2. The summed E-state index contributed by atoms with van der Waals surface area (Å²) < 4.78 is 7.34. The van der Waals surface area contributed by atoms with Crippen LogP contribution in [-0.4, -0.2) is 22.1 Å². The number of ether oxygens (including phenoxy) is 1. The lowest BCUT2D eigenvalue weighted by Crippen LogP contribution is -2.29. The zero-order chi connectivity index (χ0) is 18.3. The fraction of sp³-hybridized carbons (Fsp3) is 0.200. The number of rotatable bonds is 3. The van der Waals surface area contributed by atoms with Crippen LogP contribution in [0.25, 0.3) is 11.0 Å². The molecule has 3 aromatic rings. The number of imidazole rings is 1. The third-order valence-electron chi connectivity index (χ3n) is 4.53. The maximum Gasteiger partial charge on any atom is 0.338 e. The summed E-state index contributed by atoms with van der Waals surface area (Å²) >= 11 is 6.51. The van der Waals surface area contributed by atoms with Gasteiger partial charge in [0.05, 0.1) is 29.3 Å². The van der Waals surface area contributed by atoms with Crippen molar-refractivity contribution in [2.45, 2.75) is 19.9 Å². The van der Waals surface area contributed by atoms with Crippen LogP contribution >= 0.6 is 11.6 Å². The Morgan fingerprint density at radius 3 is 2.73 bits per heavy atom. The van der Waals surface area contributed by atoms with Crippen molar-refractivity contribution in [1.29, 1.82) is 0 Å². The molecule has 0 unspecified atom stereocenters. The zero-order valence-corrected chi connectivity index (χ0v) is 15.2. The smallest absolute Gasteiger partial charge is 0.338 e. The molecule has 1 aromatic heterocycles. The van der Waals surface area contributed by atoms with Gasteiger partial charge in [0.2, 0.25) is 5.95 Å². The summed E-state index contributed by atoms with van der Waals surface area (Å²) in [5, 5.41) is 3.84. The number of carbonyl (C=O) groups is 1. The van der Waals surface area contributed by atoms with Gasteiger partial charge in [-0.1, -0.05) is 41.9 Å². The lowest BCUT2D eigenvalue weighted by Gasteiger charge is -2.30. The van der Waals surface area contributed by atoms with Crippen molar-refractivity contribution in [3.63, 3.8) is 0 Å². The van der Waals surface area contributed by atoms with E-state index in [0.717, 1.165) is 22.3 Å². The molecule has 1 atom stereocenters. The molecule has 0 radical (unpaired) electrons. The van der Waals surface area contributed by atoms with Gasteiger partial charge in [-0.15, -0.1) is 0 Å². The van der Waals surface area contributed by atoms with Crippen LogP contribution in [0.2, 0.25) is 5.02 Å². The summed E-state index contributed by atoms with van der Waals surface area (Å²) in [4.78, 5) is 17.4. The number of hydrogen-bond donors (Lipinski definition) is 1. The van der Waals surface area contributed by atoms with Gasteiger partial charge < -0.3 is 10.1 Å². The minimum Gasteiger partial charge on any atom is -0.463 e. The number of fused-ring (bicyclic) bond motifs is 3. The van der Waals surface area contributed by atoms with E-state index in [1.165, 1.54) is 0 Å². The van der Waals surface area contributed by atoms with E-state index in [2.05, 4.69) is 10.3 Å². The van der Waals surface area contributed by atoms with Crippen LogP contribution in [0.15, 0.2) is 59.8 Å². The second-order valence-electron chi connectivity index (χ2n) is 6.10. The molecule has 2 heterocycles. The number of anilines is 1. The van der Waals surface area contributed by atoms with Gasteiger partial charge >= 0.3 is 5.97 Å². The molecule has 1 aliphatic rings. The van der Waals surface area contributed by atoms with E-state index in [-0.39, 0.29) is 5.97 Å². The minimum atomic E-state index is -0.411. The summed E-state index contributed by atoms with van der Waals surface area (Å²) in [5.74, 6) is 0.326. The molecule has 4 rings (SSSR count). The Morgan fingerprint density at radius 1 is 1.23 bits per heavy atom. The highest BCUT2D eigenvalue weighted by Gasteiger charge is 2.35. The number of hydrogen-bond acceptors (Lipinski definition) is 4. The van der Waals surface area contributed by atoms with Crippen LogP contribution in [0, 0.1) is 0 Å². The molecule has 132 valence electrons. The van der Waals surface area contributed by atoms with Crippen LogP contribution in [-0.2, 0) is 9.53 Å². The highest BCUT2D eigenvalue weighted by atomic mass is 35.5. The number of benzene rings is 2. The predicted molar refractivity (Wildman–Crippen MR) is 102 cm³/mol. The van der Waals surface area contributed by atoms with Crippen molar-refractivity contribution in [1.82, 2.24) is 9.55 Å². The molecule has 0 fully saturated rings. The van der Waals surface area contributed by atoms with Gasteiger partial charge in [0.25, 0.3) is 0 Å². The van der Waals surface area contributed by atoms with Gasteiger partial charge in [-0.2, -0.15) is 0 Å². The van der Waals surface area contributed by atoms with E-state index in [1.807, 2.05) is 60.0 Å². The molecule has 0 aliphatic carbocycles. The summed E-state index contributed by atoms with van der Waals surface area (Å²) in [5.41, 5.74) is 3.87. The third kappa shape index (κ3) is 2.56. The van der Waals surface area contributed by atoms with Crippen molar-refractivity contribution in [3.05, 3.63) is 70.4 Å².